The number of hydrogen-bond donors (Lipinski definition) is 1. The quantitative estimate of drug-likeness (QED) is 0.597. The second-order valence-electron chi connectivity index (χ2n) is 5.17. The van der Waals surface area contributed by atoms with Crippen LogP contribution >= 0.6 is 23.2 Å². The number of carbonyl (C=O) groups excluding carboxylic acids is 1. The van der Waals surface area contributed by atoms with Crippen LogP contribution in [0.3, 0.4) is 0 Å². The molecule has 0 saturated carbocycles. The van der Waals surface area contributed by atoms with Crippen LogP contribution in [0.1, 0.15) is 16.7 Å². The van der Waals surface area contributed by atoms with Crippen molar-refractivity contribution in [2.24, 2.45) is 0 Å². The summed E-state index contributed by atoms with van der Waals surface area (Å²) < 4.78 is 10.2. The molecule has 2 aromatic carbocycles. The van der Waals surface area contributed by atoms with Gasteiger partial charge in [0.15, 0.2) is 0 Å². The zero-order valence-corrected chi connectivity index (χ0v) is 15.0. The third kappa shape index (κ3) is 3.93. The zero-order chi connectivity index (χ0) is 17.9. The fourth-order valence-electron chi connectivity index (χ4n) is 2.09. The maximum absolute atomic E-state index is 11.5. The van der Waals surface area contributed by atoms with Crippen molar-refractivity contribution < 1.29 is 19.5 Å². The highest BCUT2D eigenvalue weighted by molar-refractivity contribution is 6.32. The van der Waals surface area contributed by atoms with Crippen LogP contribution in [0.25, 0.3) is 0 Å². The molecule has 0 unspecified atom stereocenters. The van der Waals surface area contributed by atoms with E-state index in [-0.39, 0.29) is 12.3 Å². The SMILES string of the molecule is COC(=O)N(O)c1cccc(Cl)c1COc1cc(C)c(C)cc1Cl. The Morgan fingerprint density at radius 3 is 2.50 bits per heavy atom. The van der Waals surface area contributed by atoms with Crippen molar-refractivity contribution in [2.45, 2.75) is 20.5 Å². The lowest BCUT2D eigenvalue weighted by Gasteiger charge is -2.19. The van der Waals surface area contributed by atoms with Gasteiger partial charge in [0, 0.05) is 10.6 Å². The first-order valence-corrected chi connectivity index (χ1v) is 7.84. The Morgan fingerprint density at radius 2 is 1.83 bits per heavy atom. The molecule has 0 fully saturated rings. The first-order valence-electron chi connectivity index (χ1n) is 7.09. The number of hydrogen-bond acceptors (Lipinski definition) is 4. The second-order valence-corrected chi connectivity index (χ2v) is 5.99. The molecule has 0 aliphatic carbocycles. The van der Waals surface area contributed by atoms with Gasteiger partial charge < -0.3 is 9.47 Å². The summed E-state index contributed by atoms with van der Waals surface area (Å²) in [7, 11) is 1.17. The van der Waals surface area contributed by atoms with Gasteiger partial charge in [-0.1, -0.05) is 29.3 Å². The summed E-state index contributed by atoms with van der Waals surface area (Å²) >= 11 is 12.4. The van der Waals surface area contributed by atoms with Gasteiger partial charge in [-0.25, -0.2) is 4.79 Å². The van der Waals surface area contributed by atoms with Crippen molar-refractivity contribution >= 4 is 35.0 Å². The largest absolute Gasteiger partial charge is 0.487 e. The minimum atomic E-state index is -0.928. The molecular formula is C17H17Cl2NO4. The topological polar surface area (TPSA) is 59.0 Å². The molecule has 24 heavy (non-hydrogen) atoms. The highest BCUT2D eigenvalue weighted by Crippen LogP contribution is 2.32. The van der Waals surface area contributed by atoms with E-state index in [0.29, 0.717) is 26.4 Å². The molecule has 0 saturated heterocycles. The van der Waals surface area contributed by atoms with Crippen molar-refractivity contribution in [2.75, 3.05) is 12.2 Å². The first kappa shape index (κ1) is 18.4. The lowest BCUT2D eigenvalue weighted by molar-refractivity contribution is 0.140. The zero-order valence-electron chi connectivity index (χ0n) is 13.5. The van der Waals surface area contributed by atoms with Crippen LogP contribution in [-0.4, -0.2) is 18.4 Å². The maximum atomic E-state index is 11.5. The van der Waals surface area contributed by atoms with E-state index in [4.69, 9.17) is 27.9 Å². The summed E-state index contributed by atoms with van der Waals surface area (Å²) in [4.78, 5) is 11.5. The number of anilines is 1. The van der Waals surface area contributed by atoms with E-state index in [0.717, 1.165) is 11.1 Å². The maximum Gasteiger partial charge on any atom is 0.438 e. The third-order valence-electron chi connectivity index (χ3n) is 3.59. The predicted molar refractivity (Wildman–Crippen MR) is 93.4 cm³/mol. The summed E-state index contributed by atoms with van der Waals surface area (Å²) in [6, 6.07) is 8.41. The van der Waals surface area contributed by atoms with Gasteiger partial charge in [0.2, 0.25) is 0 Å². The lowest BCUT2D eigenvalue weighted by Crippen LogP contribution is -2.28. The molecule has 0 heterocycles. The van der Waals surface area contributed by atoms with Gasteiger partial charge in [-0.3, -0.25) is 5.21 Å². The number of hydroxylamine groups is 1. The van der Waals surface area contributed by atoms with E-state index in [9.17, 15) is 10.0 Å². The van der Waals surface area contributed by atoms with Crippen molar-refractivity contribution in [3.05, 3.63) is 57.1 Å². The number of carbonyl (C=O) groups is 1. The molecule has 5 nitrogen and oxygen atoms in total. The van der Waals surface area contributed by atoms with Gasteiger partial charge in [0.25, 0.3) is 0 Å². The van der Waals surface area contributed by atoms with Gasteiger partial charge in [0.05, 0.1) is 17.8 Å². The standard InChI is InChI=1S/C17H17Cl2NO4/c1-10-7-14(19)16(8-11(10)2)24-9-12-13(18)5-4-6-15(12)20(22)17(21)23-3/h4-8,22H,9H2,1-3H3. The highest BCUT2D eigenvalue weighted by atomic mass is 35.5. The molecule has 0 bridgehead atoms. The fraction of sp³-hybridized carbons (Fsp3) is 0.235. The van der Waals surface area contributed by atoms with E-state index in [1.165, 1.54) is 13.2 Å². The second kappa shape index (κ2) is 7.75. The number of aryl methyl sites for hydroxylation is 2. The molecule has 128 valence electrons. The normalized spacial score (nSPS) is 10.4. The average Bonchev–Trinajstić information content (AvgIpc) is 2.56. The molecule has 0 spiro atoms. The Balaban J connectivity index is 2.30. The number of benzene rings is 2. The summed E-state index contributed by atoms with van der Waals surface area (Å²) in [5.41, 5.74) is 2.70. The van der Waals surface area contributed by atoms with Crippen LogP contribution in [-0.2, 0) is 11.3 Å². The van der Waals surface area contributed by atoms with Crippen molar-refractivity contribution in [3.8, 4) is 5.75 Å². The Bertz CT molecular complexity index is 764. The molecule has 1 N–H and O–H groups in total. The van der Waals surface area contributed by atoms with Gasteiger partial charge >= 0.3 is 6.09 Å². The molecule has 1 amide bonds. The molecule has 0 atom stereocenters. The Morgan fingerprint density at radius 1 is 1.17 bits per heavy atom. The summed E-state index contributed by atoms with van der Waals surface area (Å²) in [6.45, 7) is 3.93. The van der Waals surface area contributed by atoms with Crippen LogP contribution in [0.2, 0.25) is 10.0 Å². The average molecular weight is 370 g/mol. The predicted octanol–water partition coefficient (Wildman–Crippen LogP) is 5.15. The van der Waals surface area contributed by atoms with E-state index in [1.54, 1.807) is 12.1 Å². The van der Waals surface area contributed by atoms with Gasteiger partial charge in [-0.2, -0.15) is 5.06 Å². The van der Waals surface area contributed by atoms with Crippen molar-refractivity contribution in [1.82, 2.24) is 0 Å². The van der Waals surface area contributed by atoms with E-state index in [1.807, 2.05) is 26.0 Å². The first-order chi connectivity index (χ1) is 11.3. The van der Waals surface area contributed by atoms with E-state index < -0.39 is 6.09 Å². The van der Waals surface area contributed by atoms with Crippen LogP contribution in [0.15, 0.2) is 30.3 Å². The van der Waals surface area contributed by atoms with E-state index in [2.05, 4.69) is 4.74 Å². The molecule has 0 radical (unpaired) electrons. The van der Waals surface area contributed by atoms with Crippen LogP contribution in [0, 0.1) is 13.8 Å². The van der Waals surface area contributed by atoms with Crippen LogP contribution < -0.4 is 9.80 Å². The number of ether oxygens (including phenoxy) is 2. The number of halogens is 2. The number of rotatable bonds is 4. The summed E-state index contributed by atoms with van der Waals surface area (Å²) in [5, 5.41) is 11.1. The summed E-state index contributed by atoms with van der Waals surface area (Å²) in [5.74, 6) is 0.494. The fourth-order valence-corrected chi connectivity index (χ4v) is 2.59. The molecule has 0 aromatic heterocycles. The van der Waals surface area contributed by atoms with Crippen LogP contribution in [0.5, 0.6) is 5.75 Å². The third-order valence-corrected chi connectivity index (χ3v) is 4.24. The van der Waals surface area contributed by atoms with Gasteiger partial charge in [-0.15, -0.1) is 0 Å². The molecular weight excluding hydrogens is 353 g/mol. The minimum absolute atomic E-state index is 0.0191. The number of methoxy groups -OCH3 is 1. The smallest absolute Gasteiger partial charge is 0.438 e. The molecule has 0 aliphatic rings. The van der Waals surface area contributed by atoms with Crippen molar-refractivity contribution in [3.63, 3.8) is 0 Å². The Kier molecular flexibility index (Phi) is 5.94. The monoisotopic (exact) mass is 369 g/mol. The minimum Gasteiger partial charge on any atom is -0.487 e. The molecule has 2 rings (SSSR count). The molecule has 7 heteroatoms. The van der Waals surface area contributed by atoms with Gasteiger partial charge in [-0.05, 0) is 49.2 Å². The Hall–Kier alpha value is -1.95. The summed E-state index contributed by atoms with van der Waals surface area (Å²) in [6.07, 6.45) is -0.928. The molecule has 0 aliphatic heterocycles. The van der Waals surface area contributed by atoms with Crippen LogP contribution in [0.4, 0.5) is 10.5 Å². The Labute approximate surface area is 150 Å². The molecule has 2 aromatic rings. The lowest BCUT2D eigenvalue weighted by atomic mass is 10.1. The number of amides is 1. The van der Waals surface area contributed by atoms with E-state index >= 15 is 0 Å². The van der Waals surface area contributed by atoms with Gasteiger partial charge in [0.1, 0.15) is 12.4 Å². The highest BCUT2D eigenvalue weighted by Gasteiger charge is 2.19. The van der Waals surface area contributed by atoms with Crippen molar-refractivity contribution in [1.29, 1.82) is 0 Å². The number of nitrogens with zero attached hydrogens (tertiary/aromatic N) is 1.